The van der Waals surface area contributed by atoms with Crippen molar-refractivity contribution in [3.05, 3.63) is 59.9 Å². The molecular weight excluding hydrogens is 315 g/mol. The van der Waals surface area contributed by atoms with Crippen LogP contribution in [-0.2, 0) is 4.74 Å². The molecule has 0 radical (unpaired) electrons. The average molecular weight is 332 g/mol. The number of hydrogen-bond donors (Lipinski definition) is 2. The number of rotatable bonds is 4. The van der Waals surface area contributed by atoms with Gasteiger partial charge in [-0.1, -0.05) is 6.07 Å². The van der Waals surface area contributed by atoms with Gasteiger partial charge in [-0.2, -0.15) is 0 Å². The van der Waals surface area contributed by atoms with Crippen LogP contribution in [0.15, 0.2) is 48.5 Å². The summed E-state index contributed by atoms with van der Waals surface area (Å²) >= 11 is 5.17. The molecule has 2 rings (SSSR count). The summed E-state index contributed by atoms with van der Waals surface area (Å²) in [6, 6.07) is 12.7. The molecule has 6 heteroatoms. The van der Waals surface area contributed by atoms with Crippen molar-refractivity contribution in [2.75, 3.05) is 10.6 Å². The lowest BCUT2D eigenvalue weighted by atomic mass is 10.2. The first-order valence-corrected chi connectivity index (χ1v) is 7.49. The molecule has 0 unspecified atom stereocenters. The Morgan fingerprint density at radius 2 is 1.74 bits per heavy atom. The van der Waals surface area contributed by atoms with E-state index in [4.69, 9.17) is 17.0 Å². The predicted octanol–water partition coefficient (Wildman–Crippen LogP) is 4.20. The molecule has 0 saturated carbocycles. The van der Waals surface area contributed by atoms with Gasteiger partial charge in [-0.25, -0.2) is 9.18 Å². The lowest BCUT2D eigenvalue weighted by molar-refractivity contribution is 0.0378. The fraction of sp³-hybridized carbons (Fsp3) is 0.176. The molecule has 0 heterocycles. The summed E-state index contributed by atoms with van der Waals surface area (Å²) in [7, 11) is 0. The van der Waals surface area contributed by atoms with E-state index in [1.165, 1.54) is 12.1 Å². The number of halogens is 1. The van der Waals surface area contributed by atoms with Crippen molar-refractivity contribution >= 4 is 34.7 Å². The van der Waals surface area contributed by atoms with Crippen molar-refractivity contribution < 1.29 is 13.9 Å². The molecule has 0 atom stereocenters. The first kappa shape index (κ1) is 16.9. The van der Waals surface area contributed by atoms with Crippen molar-refractivity contribution in [3.8, 4) is 0 Å². The van der Waals surface area contributed by atoms with Gasteiger partial charge >= 0.3 is 5.97 Å². The maximum Gasteiger partial charge on any atom is 0.338 e. The number of nitrogens with one attached hydrogen (secondary N) is 2. The van der Waals surface area contributed by atoms with Gasteiger partial charge in [0.05, 0.1) is 11.7 Å². The number of carbonyl (C=O) groups excluding carboxylic acids is 1. The van der Waals surface area contributed by atoms with Gasteiger partial charge < -0.3 is 15.4 Å². The van der Waals surface area contributed by atoms with Gasteiger partial charge in [-0.15, -0.1) is 0 Å². The minimum absolute atomic E-state index is 0.164. The first-order valence-electron chi connectivity index (χ1n) is 7.08. The number of esters is 1. The minimum Gasteiger partial charge on any atom is -0.459 e. The molecule has 23 heavy (non-hydrogen) atoms. The molecule has 4 nitrogen and oxygen atoms in total. The lowest BCUT2D eigenvalue weighted by Gasteiger charge is -2.11. The van der Waals surface area contributed by atoms with E-state index in [0.29, 0.717) is 22.1 Å². The Morgan fingerprint density at radius 3 is 2.35 bits per heavy atom. The molecule has 0 aliphatic rings. The van der Waals surface area contributed by atoms with Gasteiger partial charge in [0.25, 0.3) is 0 Å². The second-order valence-electron chi connectivity index (χ2n) is 5.12. The molecule has 0 aliphatic heterocycles. The fourth-order valence-corrected chi connectivity index (χ4v) is 2.07. The molecule has 0 bridgehead atoms. The number of ether oxygens (including phenoxy) is 1. The molecule has 0 fully saturated rings. The highest BCUT2D eigenvalue weighted by atomic mass is 32.1. The number of anilines is 2. The Kier molecular flexibility index (Phi) is 5.65. The summed E-state index contributed by atoms with van der Waals surface area (Å²) < 4.78 is 18.2. The average Bonchev–Trinajstić information content (AvgIpc) is 2.47. The Hall–Kier alpha value is -2.47. The summed E-state index contributed by atoms with van der Waals surface area (Å²) in [6.45, 7) is 3.59. The van der Waals surface area contributed by atoms with Crippen molar-refractivity contribution in [1.29, 1.82) is 0 Å². The van der Waals surface area contributed by atoms with E-state index in [0.717, 1.165) is 0 Å². The van der Waals surface area contributed by atoms with E-state index in [2.05, 4.69) is 10.6 Å². The second kappa shape index (κ2) is 7.69. The quantitative estimate of drug-likeness (QED) is 0.649. The first-order chi connectivity index (χ1) is 10.9. The van der Waals surface area contributed by atoms with Gasteiger partial charge in [0, 0.05) is 11.4 Å². The van der Waals surface area contributed by atoms with E-state index >= 15 is 0 Å². The van der Waals surface area contributed by atoms with E-state index in [9.17, 15) is 9.18 Å². The Bertz CT molecular complexity index is 702. The lowest BCUT2D eigenvalue weighted by Crippen LogP contribution is -2.19. The molecule has 2 N–H and O–H groups in total. The third-order valence-electron chi connectivity index (χ3n) is 2.80. The molecule has 0 aromatic heterocycles. The van der Waals surface area contributed by atoms with Gasteiger partial charge in [0.2, 0.25) is 0 Å². The van der Waals surface area contributed by atoms with Crippen LogP contribution in [0.1, 0.15) is 24.2 Å². The van der Waals surface area contributed by atoms with Gasteiger partial charge in [0.15, 0.2) is 5.11 Å². The Labute approximate surface area is 139 Å². The molecule has 0 spiro atoms. The highest BCUT2D eigenvalue weighted by Gasteiger charge is 2.09. The van der Waals surface area contributed by atoms with E-state index in [1.807, 2.05) is 0 Å². The molecule has 120 valence electrons. The summed E-state index contributed by atoms with van der Waals surface area (Å²) in [5, 5.41) is 6.17. The molecule has 0 saturated heterocycles. The van der Waals surface area contributed by atoms with Crippen LogP contribution < -0.4 is 10.6 Å². The highest BCUT2D eigenvalue weighted by molar-refractivity contribution is 7.80. The van der Waals surface area contributed by atoms with E-state index < -0.39 is 0 Å². The van der Waals surface area contributed by atoms with Crippen LogP contribution in [0.2, 0.25) is 0 Å². The van der Waals surface area contributed by atoms with Crippen LogP contribution in [0.3, 0.4) is 0 Å². The molecular formula is C17H17FN2O2S. The highest BCUT2D eigenvalue weighted by Crippen LogP contribution is 2.13. The van der Waals surface area contributed by atoms with Crippen LogP contribution in [0, 0.1) is 5.82 Å². The number of benzene rings is 2. The van der Waals surface area contributed by atoms with Crippen molar-refractivity contribution in [2.24, 2.45) is 0 Å². The van der Waals surface area contributed by atoms with Crippen LogP contribution in [-0.4, -0.2) is 17.2 Å². The van der Waals surface area contributed by atoms with Crippen molar-refractivity contribution in [2.45, 2.75) is 20.0 Å². The summed E-state index contributed by atoms with van der Waals surface area (Å²) in [5.41, 5.74) is 1.73. The molecule has 2 aromatic rings. The molecule has 0 amide bonds. The normalized spacial score (nSPS) is 10.3. The number of carbonyl (C=O) groups is 1. The minimum atomic E-state index is -0.369. The zero-order chi connectivity index (χ0) is 16.8. The van der Waals surface area contributed by atoms with Crippen LogP contribution in [0.4, 0.5) is 15.8 Å². The third-order valence-corrected chi connectivity index (χ3v) is 3.01. The van der Waals surface area contributed by atoms with Gasteiger partial charge in [0.1, 0.15) is 5.82 Å². The topological polar surface area (TPSA) is 50.4 Å². The van der Waals surface area contributed by atoms with Crippen LogP contribution in [0.25, 0.3) is 0 Å². The third kappa shape index (κ3) is 5.34. The maximum absolute atomic E-state index is 13.1. The monoisotopic (exact) mass is 332 g/mol. The Morgan fingerprint density at radius 1 is 1.09 bits per heavy atom. The summed E-state index contributed by atoms with van der Waals surface area (Å²) in [6.07, 6.45) is -0.164. The van der Waals surface area contributed by atoms with Crippen LogP contribution in [0.5, 0.6) is 0 Å². The largest absolute Gasteiger partial charge is 0.459 e. The molecule has 2 aromatic carbocycles. The van der Waals surface area contributed by atoms with Gasteiger partial charge in [-0.3, -0.25) is 0 Å². The zero-order valence-electron chi connectivity index (χ0n) is 12.8. The number of thiocarbonyl (C=S) groups is 1. The number of hydrogen-bond acceptors (Lipinski definition) is 3. The van der Waals surface area contributed by atoms with Crippen molar-refractivity contribution in [3.63, 3.8) is 0 Å². The maximum atomic E-state index is 13.1. The second-order valence-corrected chi connectivity index (χ2v) is 5.53. The fourth-order valence-electron chi connectivity index (χ4n) is 1.83. The van der Waals surface area contributed by atoms with Crippen molar-refractivity contribution in [1.82, 2.24) is 0 Å². The summed E-state index contributed by atoms with van der Waals surface area (Å²) in [5.74, 6) is -0.710. The zero-order valence-corrected chi connectivity index (χ0v) is 13.6. The van der Waals surface area contributed by atoms with E-state index in [-0.39, 0.29) is 17.9 Å². The Balaban J connectivity index is 1.95. The van der Waals surface area contributed by atoms with E-state index in [1.54, 1.807) is 50.2 Å². The van der Waals surface area contributed by atoms with Crippen LogP contribution >= 0.6 is 12.2 Å². The predicted molar refractivity (Wildman–Crippen MR) is 93.2 cm³/mol. The summed E-state index contributed by atoms with van der Waals surface area (Å²) in [4.78, 5) is 11.7. The SMILES string of the molecule is CC(C)OC(=O)c1ccc(NC(=S)Nc2cccc(F)c2)cc1. The van der Waals surface area contributed by atoms with Gasteiger partial charge in [-0.05, 0) is 68.5 Å². The molecule has 0 aliphatic carbocycles. The standard InChI is InChI=1S/C17H17FN2O2S/c1-11(2)22-16(21)12-6-8-14(9-7-12)19-17(23)20-15-5-3-4-13(18)10-15/h3-11H,1-2H3,(H2,19,20,23). The smallest absolute Gasteiger partial charge is 0.338 e.